The van der Waals surface area contributed by atoms with Gasteiger partial charge in [-0.1, -0.05) is 0 Å². The molecule has 5 nitrogen and oxygen atoms in total. The minimum atomic E-state index is -0.708. The molecule has 88 valence electrons. The van der Waals surface area contributed by atoms with Crippen LogP contribution in [0.25, 0.3) is 0 Å². The minimum Gasteiger partial charge on any atom is -0.481 e. The molecule has 0 aliphatic carbocycles. The predicted molar refractivity (Wildman–Crippen MR) is 59.2 cm³/mol. The van der Waals surface area contributed by atoms with E-state index in [1.807, 2.05) is 20.3 Å². The summed E-state index contributed by atoms with van der Waals surface area (Å²) < 4.78 is 1.73. The lowest BCUT2D eigenvalue weighted by atomic mass is 9.82. The van der Waals surface area contributed by atoms with Crippen LogP contribution >= 0.6 is 0 Å². The van der Waals surface area contributed by atoms with Gasteiger partial charge in [-0.2, -0.15) is 5.10 Å². The van der Waals surface area contributed by atoms with Gasteiger partial charge in [0.05, 0.1) is 12.1 Å². The molecule has 2 rings (SSSR count). The molecule has 1 aromatic rings. The van der Waals surface area contributed by atoms with Gasteiger partial charge in [-0.25, -0.2) is 0 Å². The summed E-state index contributed by atoms with van der Waals surface area (Å²) in [5.74, 6) is -0.925. The van der Waals surface area contributed by atoms with Crippen LogP contribution in [0.5, 0.6) is 0 Å². The van der Waals surface area contributed by atoms with E-state index >= 15 is 0 Å². The van der Waals surface area contributed by atoms with E-state index in [-0.39, 0.29) is 11.8 Å². The average Bonchev–Trinajstić information content (AvgIpc) is 2.64. The zero-order valence-corrected chi connectivity index (χ0v) is 9.63. The number of rotatable bonds is 2. The molecule has 0 saturated carbocycles. The van der Waals surface area contributed by atoms with Gasteiger partial charge in [0.2, 0.25) is 0 Å². The molecular weight excluding hydrogens is 206 g/mol. The number of piperidine rings is 1. The first kappa shape index (κ1) is 11.1. The highest BCUT2D eigenvalue weighted by molar-refractivity contribution is 5.71. The smallest absolute Gasteiger partial charge is 0.308 e. The maximum Gasteiger partial charge on any atom is 0.308 e. The Labute approximate surface area is 94.7 Å². The second-order valence-corrected chi connectivity index (χ2v) is 4.55. The summed E-state index contributed by atoms with van der Waals surface area (Å²) in [6.45, 7) is 1.57. The van der Waals surface area contributed by atoms with Crippen molar-refractivity contribution < 1.29 is 9.90 Å². The molecule has 2 heterocycles. The SMILES string of the molecule is CN1CCC(c2cnn(C)c2)C(C(=O)O)C1. The summed E-state index contributed by atoms with van der Waals surface area (Å²) in [5, 5.41) is 13.4. The van der Waals surface area contributed by atoms with Crippen LogP contribution in [-0.4, -0.2) is 45.9 Å². The van der Waals surface area contributed by atoms with Crippen molar-refractivity contribution in [1.82, 2.24) is 14.7 Å². The lowest BCUT2D eigenvalue weighted by molar-refractivity contribution is -0.144. The third-order valence-electron chi connectivity index (χ3n) is 3.29. The first-order valence-electron chi connectivity index (χ1n) is 5.48. The molecule has 1 saturated heterocycles. The molecule has 1 N–H and O–H groups in total. The van der Waals surface area contributed by atoms with Crippen LogP contribution in [0.3, 0.4) is 0 Å². The van der Waals surface area contributed by atoms with E-state index in [1.165, 1.54) is 0 Å². The Hall–Kier alpha value is -1.36. The summed E-state index contributed by atoms with van der Waals surface area (Å²) in [6, 6.07) is 0. The second-order valence-electron chi connectivity index (χ2n) is 4.55. The number of hydrogen-bond acceptors (Lipinski definition) is 3. The van der Waals surface area contributed by atoms with Crippen LogP contribution in [0, 0.1) is 5.92 Å². The van der Waals surface area contributed by atoms with E-state index in [0.29, 0.717) is 6.54 Å². The molecule has 1 fully saturated rings. The number of carbonyl (C=O) groups is 1. The fraction of sp³-hybridized carbons (Fsp3) is 0.636. The Balaban J connectivity index is 2.21. The Bertz CT molecular complexity index is 388. The number of likely N-dealkylation sites (tertiary alicyclic amines) is 1. The number of carboxylic acids is 1. The van der Waals surface area contributed by atoms with Gasteiger partial charge < -0.3 is 10.0 Å². The van der Waals surface area contributed by atoms with Gasteiger partial charge in [0.25, 0.3) is 0 Å². The number of aryl methyl sites for hydroxylation is 1. The van der Waals surface area contributed by atoms with Crippen LogP contribution in [0.1, 0.15) is 17.9 Å². The first-order valence-corrected chi connectivity index (χ1v) is 5.48. The van der Waals surface area contributed by atoms with Gasteiger partial charge in [-0.15, -0.1) is 0 Å². The van der Waals surface area contributed by atoms with E-state index in [0.717, 1.165) is 18.5 Å². The third-order valence-corrected chi connectivity index (χ3v) is 3.29. The minimum absolute atomic E-state index is 0.0994. The quantitative estimate of drug-likeness (QED) is 0.795. The zero-order valence-electron chi connectivity index (χ0n) is 9.63. The molecule has 2 atom stereocenters. The van der Waals surface area contributed by atoms with E-state index in [9.17, 15) is 9.90 Å². The van der Waals surface area contributed by atoms with Crippen LogP contribution in [0.4, 0.5) is 0 Å². The van der Waals surface area contributed by atoms with Gasteiger partial charge in [0.1, 0.15) is 0 Å². The van der Waals surface area contributed by atoms with Crippen molar-refractivity contribution in [3.63, 3.8) is 0 Å². The molecule has 1 aromatic heterocycles. The van der Waals surface area contributed by atoms with Crippen molar-refractivity contribution in [2.24, 2.45) is 13.0 Å². The average molecular weight is 223 g/mol. The molecule has 0 bridgehead atoms. The van der Waals surface area contributed by atoms with Gasteiger partial charge in [-0.05, 0) is 25.6 Å². The highest BCUT2D eigenvalue weighted by atomic mass is 16.4. The Kier molecular flexibility index (Phi) is 2.96. The second kappa shape index (κ2) is 4.25. The number of aromatic nitrogens is 2. The normalized spacial score (nSPS) is 26.9. The van der Waals surface area contributed by atoms with Crippen LogP contribution in [0.2, 0.25) is 0 Å². The topological polar surface area (TPSA) is 58.4 Å². The van der Waals surface area contributed by atoms with E-state index in [1.54, 1.807) is 10.9 Å². The summed E-state index contributed by atoms with van der Waals surface area (Å²) in [5.41, 5.74) is 1.04. The largest absolute Gasteiger partial charge is 0.481 e. The van der Waals surface area contributed by atoms with E-state index < -0.39 is 5.97 Å². The fourth-order valence-electron chi connectivity index (χ4n) is 2.40. The summed E-state index contributed by atoms with van der Waals surface area (Å²) >= 11 is 0. The predicted octanol–water partition coefficient (Wildman–Crippen LogP) is 0.540. The molecule has 5 heteroatoms. The van der Waals surface area contributed by atoms with E-state index in [2.05, 4.69) is 10.00 Å². The molecular formula is C11H17N3O2. The Morgan fingerprint density at radius 2 is 2.31 bits per heavy atom. The van der Waals surface area contributed by atoms with E-state index in [4.69, 9.17) is 0 Å². The van der Waals surface area contributed by atoms with Gasteiger partial charge >= 0.3 is 5.97 Å². The van der Waals surface area contributed by atoms with Crippen LogP contribution < -0.4 is 0 Å². The van der Waals surface area contributed by atoms with Crippen LogP contribution in [0.15, 0.2) is 12.4 Å². The first-order chi connectivity index (χ1) is 7.58. The van der Waals surface area contributed by atoms with Crippen molar-refractivity contribution in [2.75, 3.05) is 20.1 Å². The molecule has 0 aromatic carbocycles. The number of hydrogen-bond donors (Lipinski definition) is 1. The molecule has 0 amide bonds. The highest BCUT2D eigenvalue weighted by Gasteiger charge is 2.34. The van der Waals surface area contributed by atoms with Crippen molar-refractivity contribution >= 4 is 5.97 Å². The maximum atomic E-state index is 11.2. The standard InChI is InChI=1S/C11H17N3O2/c1-13-4-3-9(10(7-13)11(15)16)8-5-12-14(2)6-8/h5-6,9-10H,3-4,7H2,1-2H3,(H,15,16). The Morgan fingerprint density at radius 1 is 1.56 bits per heavy atom. The maximum absolute atomic E-state index is 11.2. The highest BCUT2D eigenvalue weighted by Crippen LogP contribution is 2.32. The van der Waals surface area contributed by atoms with Gasteiger partial charge in [-0.3, -0.25) is 9.48 Å². The van der Waals surface area contributed by atoms with Crippen molar-refractivity contribution in [2.45, 2.75) is 12.3 Å². The number of carboxylic acid groups (broad SMARTS) is 1. The van der Waals surface area contributed by atoms with Crippen LogP contribution in [-0.2, 0) is 11.8 Å². The summed E-state index contributed by atoms with van der Waals surface area (Å²) in [7, 11) is 3.82. The molecule has 1 aliphatic heterocycles. The Morgan fingerprint density at radius 3 is 2.88 bits per heavy atom. The summed E-state index contributed by atoms with van der Waals surface area (Å²) in [6.07, 6.45) is 4.59. The van der Waals surface area contributed by atoms with Crippen molar-refractivity contribution in [1.29, 1.82) is 0 Å². The number of nitrogens with zero attached hydrogens (tertiary/aromatic N) is 3. The lowest BCUT2D eigenvalue weighted by Crippen LogP contribution is -2.40. The molecule has 0 radical (unpaired) electrons. The van der Waals surface area contributed by atoms with Crippen molar-refractivity contribution in [3.8, 4) is 0 Å². The van der Waals surface area contributed by atoms with Crippen molar-refractivity contribution in [3.05, 3.63) is 18.0 Å². The van der Waals surface area contributed by atoms with Gasteiger partial charge in [0.15, 0.2) is 0 Å². The lowest BCUT2D eigenvalue weighted by Gasteiger charge is -2.33. The third kappa shape index (κ3) is 2.09. The molecule has 2 unspecified atom stereocenters. The molecule has 0 spiro atoms. The summed E-state index contributed by atoms with van der Waals surface area (Å²) in [4.78, 5) is 13.3. The molecule has 1 aliphatic rings. The van der Waals surface area contributed by atoms with Gasteiger partial charge in [0, 0.05) is 25.7 Å². The monoisotopic (exact) mass is 223 g/mol. The molecule has 16 heavy (non-hydrogen) atoms. The fourth-order valence-corrected chi connectivity index (χ4v) is 2.40. The zero-order chi connectivity index (χ0) is 11.7. The number of aliphatic carboxylic acids is 1.